The summed E-state index contributed by atoms with van der Waals surface area (Å²) in [6, 6.07) is 0.356. The predicted molar refractivity (Wildman–Crippen MR) is 79.1 cm³/mol. The number of morpholine rings is 1. The number of hydrogen-bond donors (Lipinski definition) is 1. The van der Waals surface area contributed by atoms with E-state index in [9.17, 15) is 0 Å². The van der Waals surface area contributed by atoms with Gasteiger partial charge in [-0.15, -0.1) is 0 Å². The smallest absolute Gasteiger partial charge is 0.205 e. The van der Waals surface area contributed by atoms with Gasteiger partial charge in [0, 0.05) is 30.0 Å². The normalized spacial score (nSPS) is 20.8. The minimum atomic E-state index is 0.0121. The summed E-state index contributed by atoms with van der Waals surface area (Å²) in [6.45, 7) is 12.9. The van der Waals surface area contributed by atoms with E-state index in [-0.39, 0.29) is 5.41 Å². The molecule has 108 valence electrons. The lowest BCUT2D eigenvalue weighted by Gasteiger charge is -2.35. The van der Waals surface area contributed by atoms with Crippen LogP contribution in [0.2, 0.25) is 0 Å². The second-order valence-corrected chi connectivity index (χ2v) is 6.61. The first-order valence-electron chi connectivity index (χ1n) is 6.91. The maximum atomic E-state index is 5.58. The summed E-state index contributed by atoms with van der Waals surface area (Å²) in [4.78, 5) is 7.05. The maximum absolute atomic E-state index is 5.58. The van der Waals surface area contributed by atoms with Crippen molar-refractivity contribution in [2.75, 3.05) is 37.7 Å². The van der Waals surface area contributed by atoms with Gasteiger partial charge in [-0.25, -0.2) is 4.98 Å². The molecule has 1 fully saturated rings. The van der Waals surface area contributed by atoms with E-state index in [2.05, 4.69) is 42.3 Å². The standard InChI is InChI=1S/C13H24N4OS/c1-5-14-8-10-9-18-7-6-17(10)12-15-11(16-19-12)13(2,3)4/h10,14H,5-9H2,1-4H3. The molecule has 6 heteroatoms. The van der Waals surface area contributed by atoms with Crippen molar-refractivity contribution in [3.8, 4) is 0 Å². The van der Waals surface area contributed by atoms with Crippen LogP contribution in [0.15, 0.2) is 0 Å². The van der Waals surface area contributed by atoms with Crippen LogP contribution in [0.3, 0.4) is 0 Å². The molecule has 1 unspecified atom stereocenters. The molecule has 0 saturated carbocycles. The van der Waals surface area contributed by atoms with Crippen LogP contribution in [0.1, 0.15) is 33.5 Å². The van der Waals surface area contributed by atoms with Gasteiger partial charge in [-0.3, -0.25) is 0 Å². The summed E-state index contributed by atoms with van der Waals surface area (Å²) >= 11 is 1.50. The topological polar surface area (TPSA) is 50.3 Å². The van der Waals surface area contributed by atoms with Crippen molar-refractivity contribution < 1.29 is 4.74 Å². The Morgan fingerprint density at radius 1 is 1.47 bits per heavy atom. The number of aromatic nitrogens is 2. The zero-order chi connectivity index (χ0) is 13.9. The SMILES string of the molecule is CCNCC1COCCN1c1nc(C(C)(C)C)ns1. The van der Waals surface area contributed by atoms with Gasteiger partial charge < -0.3 is 15.0 Å². The first-order chi connectivity index (χ1) is 9.02. The molecule has 1 aromatic rings. The Morgan fingerprint density at radius 2 is 2.26 bits per heavy atom. The highest BCUT2D eigenvalue weighted by Crippen LogP contribution is 2.27. The molecule has 0 spiro atoms. The fourth-order valence-corrected chi connectivity index (χ4v) is 2.98. The van der Waals surface area contributed by atoms with E-state index in [1.807, 2.05) is 0 Å². The number of likely N-dealkylation sites (N-methyl/N-ethyl adjacent to an activating group) is 1. The number of nitrogens with zero attached hydrogens (tertiary/aromatic N) is 3. The molecule has 0 radical (unpaired) electrons. The number of anilines is 1. The molecule has 19 heavy (non-hydrogen) atoms. The monoisotopic (exact) mass is 284 g/mol. The zero-order valence-electron chi connectivity index (χ0n) is 12.3. The van der Waals surface area contributed by atoms with E-state index in [4.69, 9.17) is 9.72 Å². The van der Waals surface area contributed by atoms with Gasteiger partial charge in [0.15, 0.2) is 0 Å². The highest BCUT2D eigenvalue weighted by molar-refractivity contribution is 7.09. The lowest BCUT2D eigenvalue weighted by molar-refractivity contribution is 0.0939. The summed E-state index contributed by atoms with van der Waals surface area (Å²) in [6.07, 6.45) is 0. The van der Waals surface area contributed by atoms with Gasteiger partial charge in [-0.1, -0.05) is 27.7 Å². The van der Waals surface area contributed by atoms with E-state index < -0.39 is 0 Å². The fourth-order valence-electron chi connectivity index (χ4n) is 2.02. The molecular formula is C13H24N4OS. The second kappa shape index (κ2) is 6.15. The molecule has 1 atom stereocenters. The van der Waals surface area contributed by atoms with Crippen molar-refractivity contribution in [1.29, 1.82) is 0 Å². The minimum Gasteiger partial charge on any atom is -0.377 e. The lowest BCUT2D eigenvalue weighted by atomic mass is 9.96. The van der Waals surface area contributed by atoms with Crippen LogP contribution < -0.4 is 10.2 Å². The van der Waals surface area contributed by atoms with Crippen LogP contribution >= 0.6 is 11.5 Å². The van der Waals surface area contributed by atoms with E-state index in [0.29, 0.717) is 6.04 Å². The first-order valence-corrected chi connectivity index (χ1v) is 7.69. The first kappa shape index (κ1) is 14.7. The molecule has 0 aliphatic carbocycles. The van der Waals surface area contributed by atoms with Crippen molar-refractivity contribution in [2.24, 2.45) is 0 Å². The van der Waals surface area contributed by atoms with Gasteiger partial charge in [-0.05, 0) is 6.54 Å². The number of hydrogen-bond acceptors (Lipinski definition) is 6. The molecule has 1 saturated heterocycles. The summed E-state index contributed by atoms with van der Waals surface area (Å²) < 4.78 is 10.1. The van der Waals surface area contributed by atoms with Gasteiger partial charge in [-0.2, -0.15) is 4.37 Å². The Labute approximate surface area is 119 Å². The molecule has 2 heterocycles. The Morgan fingerprint density at radius 3 is 2.89 bits per heavy atom. The van der Waals surface area contributed by atoms with E-state index in [1.54, 1.807) is 0 Å². The molecule has 1 aromatic heterocycles. The summed E-state index contributed by atoms with van der Waals surface area (Å²) in [5, 5.41) is 4.41. The number of rotatable bonds is 4. The van der Waals surface area contributed by atoms with Gasteiger partial charge >= 0.3 is 0 Å². The van der Waals surface area contributed by atoms with Gasteiger partial charge in [0.25, 0.3) is 0 Å². The molecule has 5 nitrogen and oxygen atoms in total. The summed E-state index contributed by atoms with van der Waals surface area (Å²) in [7, 11) is 0. The van der Waals surface area contributed by atoms with Crippen LogP contribution in [-0.4, -0.2) is 48.2 Å². The van der Waals surface area contributed by atoms with Crippen molar-refractivity contribution >= 4 is 16.7 Å². The molecule has 0 amide bonds. The van der Waals surface area contributed by atoms with Crippen LogP contribution in [0.4, 0.5) is 5.13 Å². The zero-order valence-corrected chi connectivity index (χ0v) is 13.1. The van der Waals surface area contributed by atoms with Crippen LogP contribution in [0.5, 0.6) is 0 Å². The molecule has 1 aliphatic heterocycles. The maximum Gasteiger partial charge on any atom is 0.205 e. The van der Waals surface area contributed by atoms with E-state index in [1.165, 1.54) is 11.5 Å². The molecule has 1 N–H and O–H groups in total. The van der Waals surface area contributed by atoms with Crippen molar-refractivity contribution in [2.45, 2.75) is 39.2 Å². The van der Waals surface area contributed by atoms with E-state index in [0.717, 1.165) is 43.8 Å². The Balaban J connectivity index is 2.11. The third-order valence-corrected chi connectivity index (χ3v) is 3.94. The third-order valence-electron chi connectivity index (χ3n) is 3.19. The fraction of sp³-hybridized carbons (Fsp3) is 0.846. The molecule has 0 bridgehead atoms. The highest BCUT2D eigenvalue weighted by atomic mass is 32.1. The third kappa shape index (κ3) is 3.64. The summed E-state index contributed by atoms with van der Waals surface area (Å²) in [5.74, 6) is 0.932. The van der Waals surface area contributed by atoms with Gasteiger partial charge in [0.05, 0.1) is 19.3 Å². The lowest BCUT2D eigenvalue weighted by Crippen LogP contribution is -2.50. The van der Waals surface area contributed by atoms with Crippen LogP contribution in [0.25, 0.3) is 0 Å². The molecule has 1 aliphatic rings. The summed E-state index contributed by atoms with van der Waals surface area (Å²) in [5.41, 5.74) is 0.0121. The van der Waals surface area contributed by atoms with Crippen LogP contribution in [-0.2, 0) is 10.2 Å². The minimum absolute atomic E-state index is 0.0121. The quantitative estimate of drug-likeness (QED) is 0.911. The average Bonchev–Trinajstić information content (AvgIpc) is 2.86. The second-order valence-electron chi connectivity index (χ2n) is 5.88. The van der Waals surface area contributed by atoms with Gasteiger partial charge in [0.2, 0.25) is 5.13 Å². The Hall–Kier alpha value is -0.720. The number of ether oxygens (including phenoxy) is 1. The van der Waals surface area contributed by atoms with Crippen LogP contribution in [0, 0.1) is 0 Å². The Kier molecular flexibility index (Phi) is 4.76. The molecule has 0 aromatic carbocycles. The van der Waals surface area contributed by atoms with E-state index >= 15 is 0 Å². The van der Waals surface area contributed by atoms with Crippen molar-refractivity contribution in [3.05, 3.63) is 5.82 Å². The molecule has 2 rings (SSSR count). The van der Waals surface area contributed by atoms with Crippen molar-refractivity contribution in [3.63, 3.8) is 0 Å². The largest absolute Gasteiger partial charge is 0.377 e. The average molecular weight is 284 g/mol. The molecular weight excluding hydrogens is 260 g/mol. The van der Waals surface area contributed by atoms with Gasteiger partial charge in [0.1, 0.15) is 5.82 Å². The predicted octanol–water partition coefficient (Wildman–Crippen LogP) is 1.65. The number of nitrogens with one attached hydrogen (secondary N) is 1. The van der Waals surface area contributed by atoms with Crippen molar-refractivity contribution in [1.82, 2.24) is 14.7 Å². The highest BCUT2D eigenvalue weighted by Gasteiger charge is 2.27. The Bertz CT molecular complexity index is 402.